The van der Waals surface area contributed by atoms with Crippen LogP contribution in [-0.4, -0.2) is 5.11 Å². The second kappa shape index (κ2) is 5.71. The maximum atomic E-state index is 10.3. The zero-order chi connectivity index (χ0) is 14.7. The van der Waals surface area contributed by atoms with Crippen molar-refractivity contribution < 1.29 is 5.11 Å². The van der Waals surface area contributed by atoms with Gasteiger partial charge in [-0.15, -0.1) is 0 Å². The summed E-state index contributed by atoms with van der Waals surface area (Å²) in [5.41, 5.74) is 9.87. The van der Waals surface area contributed by atoms with E-state index >= 15 is 0 Å². The fraction of sp³-hybridized carbons (Fsp3) is 0.0526. The Morgan fingerprint density at radius 3 is 1.90 bits per heavy atom. The monoisotopic (exact) mass is 275 g/mol. The summed E-state index contributed by atoms with van der Waals surface area (Å²) in [5, 5.41) is 10.3. The smallest absolute Gasteiger partial charge is 0.119 e. The molecule has 104 valence electrons. The topological polar surface area (TPSA) is 46.2 Å². The lowest BCUT2D eigenvalue weighted by atomic mass is 9.84. The molecule has 3 N–H and O–H groups in total. The molecule has 0 radical (unpaired) electrons. The SMILES string of the molecule is Nc1ccccc1C(c1ccccc1)c1ccccc1O. The molecule has 0 aliphatic carbocycles. The third-order valence-corrected chi connectivity index (χ3v) is 3.69. The number of nitrogens with two attached hydrogens (primary N) is 1. The molecule has 0 heterocycles. The van der Waals surface area contributed by atoms with Crippen molar-refractivity contribution in [1.82, 2.24) is 0 Å². The van der Waals surface area contributed by atoms with E-state index < -0.39 is 0 Å². The van der Waals surface area contributed by atoms with E-state index in [4.69, 9.17) is 5.73 Å². The number of phenols is 1. The number of para-hydroxylation sites is 2. The van der Waals surface area contributed by atoms with Crippen molar-refractivity contribution in [3.8, 4) is 5.75 Å². The molecule has 2 nitrogen and oxygen atoms in total. The number of hydrogen-bond donors (Lipinski definition) is 2. The van der Waals surface area contributed by atoms with Gasteiger partial charge in [-0.3, -0.25) is 0 Å². The average Bonchev–Trinajstić information content (AvgIpc) is 2.52. The van der Waals surface area contributed by atoms with Crippen molar-refractivity contribution >= 4 is 5.69 Å². The van der Waals surface area contributed by atoms with E-state index in [9.17, 15) is 5.11 Å². The molecular weight excluding hydrogens is 258 g/mol. The summed E-state index contributed by atoms with van der Waals surface area (Å²) in [4.78, 5) is 0. The number of phenolic OH excluding ortho intramolecular Hbond substituents is 1. The van der Waals surface area contributed by atoms with Gasteiger partial charge in [0.25, 0.3) is 0 Å². The average molecular weight is 275 g/mol. The first-order chi connectivity index (χ1) is 10.3. The third kappa shape index (κ3) is 2.61. The Hall–Kier alpha value is -2.74. The van der Waals surface area contributed by atoms with E-state index in [2.05, 4.69) is 12.1 Å². The number of nitrogen functional groups attached to an aromatic ring is 1. The van der Waals surface area contributed by atoms with E-state index in [0.717, 1.165) is 22.4 Å². The van der Waals surface area contributed by atoms with Crippen molar-refractivity contribution in [1.29, 1.82) is 0 Å². The Bertz CT molecular complexity index is 692. The first-order valence-electron chi connectivity index (χ1n) is 6.94. The molecule has 0 aliphatic rings. The predicted molar refractivity (Wildman–Crippen MR) is 86.3 cm³/mol. The highest BCUT2D eigenvalue weighted by molar-refractivity contribution is 5.57. The lowest BCUT2D eigenvalue weighted by Gasteiger charge is -2.21. The lowest BCUT2D eigenvalue weighted by Crippen LogP contribution is -2.06. The molecule has 2 heteroatoms. The Labute approximate surface area is 124 Å². The Morgan fingerprint density at radius 2 is 1.24 bits per heavy atom. The van der Waals surface area contributed by atoms with Crippen LogP contribution in [0, 0.1) is 0 Å². The van der Waals surface area contributed by atoms with Crippen molar-refractivity contribution in [3.05, 3.63) is 95.6 Å². The van der Waals surface area contributed by atoms with Crippen LogP contribution in [0.2, 0.25) is 0 Å². The molecule has 0 amide bonds. The molecule has 3 aromatic carbocycles. The Morgan fingerprint density at radius 1 is 0.667 bits per heavy atom. The summed E-state index contributed by atoms with van der Waals surface area (Å²) < 4.78 is 0. The van der Waals surface area contributed by atoms with Crippen LogP contribution in [0.25, 0.3) is 0 Å². The summed E-state index contributed by atoms with van der Waals surface area (Å²) in [5.74, 6) is 0.211. The molecule has 0 fully saturated rings. The van der Waals surface area contributed by atoms with Crippen LogP contribution in [0.3, 0.4) is 0 Å². The standard InChI is InChI=1S/C19H17NO/c20-17-12-6-4-10-15(17)19(14-8-2-1-3-9-14)16-11-5-7-13-18(16)21/h1-13,19,21H,20H2. The number of benzene rings is 3. The zero-order valence-electron chi connectivity index (χ0n) is 11.6. The highest BCUT2D eigenvalue weighted by Crippen LogP contribution is 2.38. The minimum absolute atomic E-state index is 0.0754. The Kier molecular flexibility index (Phi) is 3.61. The largest absolute Gasteiger partial charge is 0.508 e. The second-order valence-corrected chi connectivity index (χ2v) is 5.03. The minimum atomic E-state index is -0.0754. The molecule has 21 heavy (non-hydrogen) atoms. The molecule has 1 atom stereocenters. The summed E-state index contributed by atoms with van der Waals surface area (Å²) in [6, 6.07) is 25.3. The van der Waals surface area contributed by atoms with Gasteiger partial charge >= 0.3 is 0 Å². The van der Waals surface area contributed by atoms with Crippen LogP contribution in [0.4, 0.5) is 5.69 Å². The minimum Gasteiger partial charge on any atom is -0.508 e. The van der Waals surface area contributed by atoms with Gasteiger partial charge in [-0.2, -0.15) is 0 Å². The molecule has 0 saturated carbocycles. The predicted octanol–water partition coefficient (Wildman–Crippen LogP) is 4.15. The van der Waals surface area contributed by atoms with Crippen molar-refractivity contribution in [2.24, 2.45) is 0 Å². The van der Waals surface area contributed by atoms with E-state index in [0.29, 0.717) is 0 Å². The van der Waals surface area contributed by atoms with Crippen molar-refractivity contribution in [2.75, 3.05) is 5.73 Å². The van der Waals surface area contributed by atoms with Gasteiger partial charge in [0.2, 0.25) is 0 Å². The summed E-state index contributed by atoms with van der Waals surface area (Å²) in [6.45, 7) is 0. The normalized spacial score (nSPS) is 12.0. The molecule has 0 saturated heterocycles. The molecule has 3 rings (SSSR count). The van der Waals surface area contributed by atoms with Gasteiger partial charge < -0.3 is 10.8 Å². The third-order valence-electron chi connectivity index (χ3n) is 3.69. The van der Waals surface area contributed by atoms with Gasteiger partial charge in [-0.25, -0.2) is 0 Å². The molecule has 1 unspecified atom stereocenters. The van der Waals surface area contributed by atoms with Gasteiger partial charge in [0.15, 0.2) is 0 Å². The van der Waals surface area contributed by atoms with Crippen LogP contribution in [0.15, 0.2) is 78.9 Å². The summed E-state index contributed by atoms with van der Waals surface area (Å²) in [6.07, 6.45) is 0. The van der Waals surface area contributed by atoms with Gasteiger partial charge in [0.1, 0.15) is 5.75 Å². The number of anilines is 1. The maximum absolute atomic E-state index is 10.3. The number of hydrogen-bond acceptors (Lipinski definition) is 2. The molecular formula is C19H17NO. The molecule has 3 aromatic rings. The molecule has 0 spiro atoms. The van der Waals surface area contributed by atoms with Gasteiger partial charge in [-0.05, 0) is 23.3 Å². The quantitative estimate of drug-likeness (QED) is 0.557. The van der Waals surface area contributed by atoms with Crippen molar-refractivity contribution in [3.63, 3.8) is 0 Å². The molecule has 0 bridgehead atoms. The van der Waals surface area contributed by atoms with Crippen LogP contribution in [-0.2, 0) is 0 Å². The maximum Gasteiger partial charge on any atom is 0.119 e. The molecule has 0 aliphatic heterocycles. The van der Waals surface area contributed by atoms with Crippen molar-refractivity contribution in [2.45, 2.75) is 5.92 Å². The van der Waals surface area contributed by atoms with Gasteiger partial charge in [-0.1, -0.05) is 66.7 Å². The van der Waals surface area contributed by atoms with E-state index in [1.807, 2.05) is 60.7 Å². The summed E-state index contributed by atoms with van der Waals surface area (Å²) >= 11 is 0. The second-order valence-electron chi connectivity index (χ2n) is 5.03. The Balaban J connectivity index is 2.22. The lowest BCUT2D eigenvalue weighted by molar-refractivity contribution is 0.467. The van der Waals surface area contributed by atoms with Gasteiger partial charge in [0.05, 0.1) is 0 Å². The van der Waals surface area contributed by atoms with E-state index in [-0.39, 0.29) is 11.7 Å². The van der Waals surface area contributed by atoms with Crippen LogP contribution >= 0.6 is 0 Å². The zero-order valence-corrected chi connectivity index (χ0v) is 11.6. The van der Waals surface area contributed by atoms with E-state index in [1.165, 1.54) is 0 Å². The van der Waals surface area contributed by atoms with Crippen LogP contribution in [0.5, 0.6) is 5.75 Å². The number of rotatable bonds is 3. The first kappa shape index (κ1) is 13.3. The van der Waals surface area contributed by atoms with E-state index in [1.54, 1.807) is 6.07 Å². The first-order valence-corrected chi connectivity index (χ1v) is 6.94. The van der Waals surface area contributed by atoms with Gasteiger partial charge in [0, 0.05) is 17.2 Å². The fourth-order valence-corrected chi connectivity index (χ4v) is 2.68. The number of aromatic hydroxyl groups is 1. The molecule has 0 aromatic heterocycles. The summed E-state index contributed by atoms with van der Waals surface area (Å²) in [7, 11) is 0. The highest BCUT2D eigenvalue weighted by Gasteiger charge is 2.21. The highest BCUT2D eigenvalue weighted by atomic mass is 16.3. The fourth-order valence-electron chi connectivity index (χ4n) is 2.68. The van der Waals surface area contributed by atoms with Crippen LogP contribution < -0.4 is 5.73 Å². The van der Waals surface area contributed by atoms with Crippen LogP contribution in [0.1, 0.15) is 22.6 Å².